The molecule has 1 aromatic carbocycles. The summed E-state index contributed by atoms with van der Waals surface area (Å²) in [5.41, 5.74) is 1.85. The molecule has 8 nitrogen and oxygen atoms in total. The Kier molecular flexibility index (Phi) is 6.59. The number of rotatable bonds is 4. The van der Waals surface area contributed by atoms with Crippen LogP contribution in [0.1, 0.15) is 38.3 Å². The molecular weight excluding hydrogens is 352 g/mol. The van der Waals surface area contributed by atoms with Crippen molar-refractivity contribution in [1.82, 2.24) is 10.1 Å². The largest absolute Gasteiger partial charge is 0.762 e. The van der Waals surface area contributed by atoms with Crippen LogP contribution in [-0.2, 0) is 20.8 Å². The highest BCUT2D eigenvalue weighted by molar-refractivity contribution is 5.99. The van der Waals surface area contributed by atoms with Crippen LogP contribution in [0.4, 0.5) is 4.79 Å². The van der Waals surface area contributed by atoms with Crippen molar-refractivity contribution in [1.29, 1.82) is 0 Å². The van der Waals surface area contributed by atoms with E-state index < -0.39 is 17.7 Å². The molecule has 1 aromatic rings. The summed E-state index contributed by atoms with van der Waals surface area (Å²) in [4.78, 5) is 26.1. The third kappa shape index (κ3) is 5.78. The summed E-state index contributed by atoms with van der Waals surface area (Å²) in [6, 6.07) is 7.01. The van der Waals surface area contributed by atoms with Crippen molar-refractivity contribution in [3.63, 3.8) is 0 Å². The number of hydrogen-bond acceptors (Lipinski definition) is 7. The minimum atomic E-state index is -0.630. The van der Waals surface area contributed by atoms with Crippen molar-refractivity contribution in [3.05, 3.63) is 46.2 Å². The molecule has 1 heterocycles. The number of carbonyl (C=O) groups excluding carboxylic acids is 2. The molecule has 0 spiro atoms. The van der Waals surface area contributed by atoms with Gasteiger partial charge >= 0.3 is 12.1 Å². The van der Waals surface area contributed by atoms with Crippen LogP contribution in [0.5, 0.6) is 0 Å². The lowest BCUT2D eigenvalue weighted by Crippen LogP contribution is -2.41. The molecule has 0 saturated heterocycles. The Morgan fingerprint density at radius 1 is 1.33 bits per heavy atom. The summed E-state index contributed by atoms with van der Waals surface area (Å²) < 4.78 is 10.3. The Balaban J connectivity index is 2.33. The summed E-state index contributed by atoms with van der Waals surface area (Å²) in [5, 5.41) is 19.6. The fourth-order valence-corrected chi connectivity index (χ4v) is 2.89. The van der Waals surface area contributed by atoms with Gasteiger partial charge in [0.1, 0.15) is 5.60 Å². The van der Waals surface area contributed by atoms with Crippen molar-refractivity contribution in [2.24, 2.45) is 0 Å². The van der Waals surface area contributed by atoms with Gasteiger partial charge in [-0.05, 0) is 43.9 Å². The fraction of sp³-hybridized carbons (Fsp3) is 0.474. The van der Waals surface area contributed by atoms with Crippen LogP contribution < -0.4 is 0 Å². The summed E-state index contributed by atoms with van der Waals surface area (Å²) in [5.74, 6) is -0.517. The molecule has 2 rings (SSSR count). The number of carbonyl (C=O) groups is 2. The lowest BCUT2D eigenvalue weighted by Gasteiger charge is -2.32. The number of hydrogen-bond donors (Lipinski definition) is 1. The van der Waals surface area contributed by atoms with Gasteiger partial charge in [-0.2, -0.15) is 0 Å². The lowest BCUT2D eigenvalue weighted by atomic mass is 9.92. The van der Waals surface area contributed by atoms with Crippen LogP contribution in [0.25, 0.3) is 5.57 Å². The van der Waals surface area contributed by atoms with Gasteiger partial charge in [-0.3, -0.25) is 5.23 Å². The van der Waals surface area contributed by atoms with E-state index in [9.17, 15) is 14.8 Å². The van der Waals surface area contributed by atoms with Crippen LogP contribution in [0.2, 0.25) is 0 Å². The van der Waals surface area contributed by atoms with E-state index in [1.54, 1.807) is 39.0 Å². The van der Waals surface area contributed by atoms with Crippen LogP contribution in [0.3, 0.4) is 0 Å². The zero-order valence-electron chi connectivity index (χ0n) is 16.0. The predicted molar refractivity (Wildman–Crippen MR) is 98.5 cm³/mol. The quantitative estimate of drug-likeness (QED) is 0.636. The normalized spacial score (nSPS) is 15.1. The molecule has 27 heavy (non-hydrogen) atoms. The monoisotopic (exact) mass is 377 g/mol. The number of amides is 1. The lowest BCUT2D eigenvalue weighted by molar-refractivity contribution is -0.136. The van der Waals surface area contributed by atoms with Gasteiger partial charge in [0.05, 0.1) is 19.2 Å². The second-order valence-corrected chi connectivity index (χ2v) is 7.31. The number of ether oxygens (including phenoxy) is 2. The van der Waals surface area contributed by atoms with E-state index in [-0.39, 0.29) is 18.3 Å². The summed E-state index contributed by atoms with van der Waals surface area (Å²) in [7, 11) is 1.29. The number of nitrogens with zero attached hydrogens (tertiary/aromatic N) is 2. The average Bonchev–Trinajstić information content (AvgIpc) is 2.58. The first-order chi connectivity index (χ1) is 12.6. The minimum Gasteiger partial charge on any atom is -0.762 e. The van der Waals surface area contributed by atoms with Crippen LogP contribution in [-0.4, -0.2) is 53.2 Å². The smallest absolute Gasteiger partial charge is 0.410 e. The first kappa shape index (κ1) is 20.9. The molecular formula is C19H25N2O6-. The Hall–Kier alpha value is -2.42. The topological polar surface area (TPSA) is 102 Å². The van der Waals surface area contributed by atoms with Gasteiger partial charge in [0.15, 0.2) is 0 Å². The minimum absolute atomic E-state index is 0.0782. The highest BCUT2D eigenvalue weighted by Gasteiger charge is 2.30. The van der Waals surface area contributed by atoms with Crippen molar-refractivity contribution in [3.8, 4) is 0 Å². The van der Waals surface area contributed by atoms with E-state index in [2.05, 4.69) is 0 Å². The van der Waals surface area contributed by atoms with Gasteiger partial charge in [-0.25, -0.2) is 9.59 Å². The van der Waals surface area contributed by atoms with E-state index >= 15 is 0 Å². The van der Waals surface area contributed by atoms with Crippen molar-refractivity contribution in [2.45, 2.75) is 39.3 Å². The van der Waals surface area contributed by atoms with Gasteiger partial charge < -0.3 is 24.8 Å². The zero-order chi connectivity index (χ0) is 20.2. The van der Waals surface area contributed by atoms with E-state index in [0.29, 0.717) is 24.1 Å². The third-order valence-corrected chi connectivity index (χ3v) is 4.02. The summed E-state index contributed by atoms with van der Waals surface area (Å²) in [6.07, 6.45) is -0.0492. The van der Waals surface area contributed by atoms with Crippen LogP contribution in [0.15, 0.2) is 29.8 Å². The highest BCUT2D eigenvalue weighted by atomic mass is 16.8. The van der Waals surface area contributed by atoms with Crippen LogP contribution in [0, 0.1) is 5.21 Å². The van der Waals surface area contributed by atoms with E-state index in [1.165, 1.54) is 12.0 Å². The Morgan fingerprint density at radius 3 is 2.63 bits per heavy atom. The molecule has 0 aromatic heterocycles. The molecule has 1 aliphatic heterocycles. The molecule has 1 N–H and O–H groups in total. The Bertz CT molecular complexity index is 736. The number of hydroxylamine groups is 2. The summed E-state index contributed by atoms with van der Waals surface area (Å²) in [6.45, 7) is 5.63. The second kappa shape index (κ2) is 8.51. The molecule has 8 heteroatoms. The van der Waals surface area contributed by atoms with Gasteiger partial charge in [-0.1, -0.05) is 24.3 Å². The molecule has 1 amide bonds. The molecule has 0 unspecified atom stereocenters. The number of benzene rings is 1. The standard InChI is InChI=1S/C19H25N2O6/c1-19(2,3)27-18(23)20-9-8-15(16(12-20)17(22)26-4)14-7-5-6-13(10-14)11-21(24)25/h5-7,10,24H,8-9,11-12H2,1-4H3/q-1. The van der Waals surface area contributed by atoms with Gasteiger partial charge in [0, 0.05) is 13.1 Å². The third-order valence-electron chi connectivity index (χ3n) is 4.02. The van der Waals surface area contributed by atoms with Crippen molar-refractivity contribution < 1.29 is 24.3 Å². The molecule has 0 aliphatic carbocycles. The number of methoxy groups -OCH3 is 1. The van der Waals surface area contributed by atoms with E-state index in [0.717, 1.165) is 11.1 Å². The highest BCUT2D eigenvalue weighted by Crippen LogP contribution is 2.29. The van der Waals surface area contributed by atoms with E-state index in [4.69, 9.17) is 14.7 Å². The molecule has 0 bridgehead atoms. The first-order valence-corrected chi connectivity index (χ1v) is 8.62. The molecule has 1 aliphatic rings. The van der Waals surface area contributed by atoms with Crippen molar-refractivity contribution >= 4 is 17.6 Å². The molecule has 0 saturated carbocycles. The average molecular weight is 377 g/mol. The molecule has 0 fully saturated rings. The van der Waals surface area contributed by atoms with Gasteiger partial charge in [0.25, 0.3) is 0 Å². The Labute approximate surface area is 158 Å². The van der Waals surface area contributed by atoms with Gasteiger partial charge in [0.2, 0.25) is 0 Å². The molecule has 0 atom stereocenters. The SMILES string of the molecule is COC(=O)C1=C(c2cccc(CN([O-])O)c2)CCN(C(=O)OC(C)(C)C)C1. The maximum absolute atomic E-state index is 12.3. The van der Waals surface area contributed by atoms with E-state index in [1.807, 2.05) is 6.07 Å². The summed E-state index contributed by atoms with van der Waals surface area (Å²) >= 11 is 0. The van der Waals surface area contributed by atoms with Gasteiger partial charge in [-0.15, -0.1) is 0 Å². The first-order valence-electron chi connectivity index (χ1n) is 8.62. The fourth-order valence-electron chi connectivity index (χ4n) is 2.89. The van der Waals surface area contributed by atoms with Crippen molar-refractivity contribution in [2.75, 3.05) is 20.2 Å². The van der Waals surface area contributed by atoms with Crippen LogP contribution >= 0.6 is 0 Å². The molecule has 0 radical (unpaired) electrons. The molecule has 148 valence electrons. The second-order valence-electron chi connectivity index (χ2n) is 7.31. The maximum atomic E-state index is 12.3. The predicted octanol–water partition coefficient (Wildman–Crippen LogP) is 2.94. The Morgan fingerprint density at radius 2 is 2.04 bits per heavy atom. The maximum Gasteiger partial charge on any atom is 0.410 e. The zero-order valence-corrected chi connectivity index (χ0v) is 16.0. The number of esters is 1.